The van der Waals surface area contributed by atoms with Gasteiger partial charge in [0, 0.05) is 0 Å². The summed E-state index contributed by atoms with van der Waals surface area (Å²) in [5.74, 6) is -6.36. The van der Waals surface area contributed by atoms with Gasteiger partial charge in [0.15, 0.2) is 0 Å². The third-order valence-electron chi connectivity index (χ3n) is 4.46. The maximum atomic E-state index is 12.2. The van der Waals surface area contributed by atoms with Gasteiger partial charge < -0.3 is 31.1 Å². The monoisotopic (exact) mass is 794 g/mol. The fourth-order valence-corrected chi connectivity index (χ4v) is 2.64. The Morgan fingerprint density at radius 2 is 0.579 bits per heavy atom. The SMILES string of the molecule is O=C(O)c1ccc(C(=O)OC(=O)c2ccc(C(=O)OC(=O)c3ccc(C(=O)O)cc3)cc2)cc1.[Ba+2].[Ba+2].[H-].[H-].[H-].[H-].[H-].[H-].[H-].[H-].[Mg+2].[Mg+2]. The van der Waals surface area contributed by atoms with E-state index < -0.39 is 35.8 Å². The van der Waals surface area contributed by atoms with Gasteiger partial charge in [-0.2, -0.15) is 0 Å². The van der Waals surface area contributed by atoms with Crippen LogP contribution in [0.1, 0.15) is 73.6 Å². The molecule has 2 N–H and O–H groups in total. The Hall–Kier alpha value is -0.445. The van der Waals surface area contributed by atoms with Gasteiger partial charge in [0.2, 0.25) is 0 Å². The summed E-state index contributed by atoms with van der Waals surface area (Å²) in [6.45, 7) is 0. The minimum atomic E-state index is -1.17. The Bertz CT molecular complexity index is 1240. The molecule has 0 atom stereocenters. The van der Waals surface area contributed by atoms with Crippen molar-refractivity contribution in [3.8, 4) is 0 Å². The van der Waals surface area contributed by atoms with Crippen LogP contribution in [0.15, 0.2) is 72.8 Å². The molecule has 0 aliphatic rings. The number of aromatic carboxylic acids is 2. The van der Waals surface area contributed by atoms with Crippen molar-refractivity contribution in [1.29, 1.82) is 0 Å². The predicted molar refractivity (Wildman–Crippen MR) is 145 cm³/mol. The number of carbonyl (C=O) groups excluding carboxylic acids is 4. The van der Waals surface area contributed by atoms with E-state index in [9.17, 15) is 28.8 Å². The Balaban J connectivity index is -0.000000135. The number of hydrogen-bond acceptors (Lipinski definition) is 8. The molecule has 0 saturated carbocycles. The predicted octanol–water partition coefficient (Wildman–Crippen LogP) is 2.45. The van der Waals surface area contributed by atoms with E-state index in [2.05, 4.69) is 0 Å². The molecular weight excluding hydrogens is 772 g/mol. The number of esters is 4. The van der Waals surface area contributed by atoms with Gasteiger partial charge in [-0.3, -0.25) is 0 Å². The first-order valence-corrected chi connectivity index (χ1v) is 9.45. The van der Waals surface area contributed by atoms with Gasteiger partial charge in [0.25, 0.3) is 0 Å². The van der Waals surface area contributed by atoms with Crippen molar-refractivity contribution in [3.63, 3.8) is 0 Å². The summed E-state index contributed by atoms with van der Waals surface area (Å²) in [5, 5.41) is 17.7. The second-order valence-corrected chi connectivity index (χ2v) is 6.70. The van der Waals surface area contributed by atoms with Crippen LogP contribution in [0.4, 0.5) is 0 Å². The Morgan fingerprint density at radius 1 is 0.421 bits per heavy atom. The molecule has 38 heavy (non-hydrogen) atoms. The van der Waals surface area contributed by atoms with E-state index >= 15 is 0 Å². The zero-order chi connectivity index (χ0) is 24.8. The normalized spacial score (nSPS) is 9.05. The van der Waals surface area contributed by atoms with Gasteiger partial charge in [-0.1, -0.05) is 0 Å². The second-order valence-electron chi connectivity index (χ2n) is 6.70. The van der Waals surface area contributed by atoms with Crippen molar-refractivity contribution in [1.82, 2.24) is 0 Å². The standard InChI is InChI=1S/C24H14O10.2Ba.2Mg.8H/c25-19(26)13-1-5-15(6-2-13)21(29)33-23(31)17-9-11-18(12-10-17)24(32)34-22(30)16-7-3-14(4-8-16)20(27)28;;;;;;;;;;;;/h1-12H,(H,25,26)(H,27,28);;;;;;;;;;;;/q;4*+2;8*-1. The summed E-state index contributed by atoms with van der Waals surface area (Å²) >= 11 is 0. The van der Waals surface area contributed by atoms with Gasteiger partial charge in [-0.05, 0) is 72.8 Å². The van der Waals surface area contributed by atoms with Crippen molar-refractivity contribution in [3.05, 3.63) is 106 Å². The van der Waals surface area contributed by atoms with Crippen LogP contribution in [-0.4, -0.2) is 190 Å². The van der Waals surface area contributed by atoms with Crippen LogP contribution in [0.5, 0.6) is 0 Å². The summed E-state index contributed by atoms with van der Waals surface area (Å²) in [6, 6.07) is 14.3. The molecule has 0 spiro atoms. The van der Waals surface area contributed by atoms with Crippen LogP contribution in [-0.2, 0) is 9.47 Å². The average molecular weight is 794 g/mol. The van der Waals surface area contributed by atoms with E-state index in [0.29, 0.717) is 0 Å². The zero-order valence-corrected chi connectivity index (χ0v) is 31.6. The molecule has 0 bridgehead atoms. The quantitative estimate of drug-likeness (QED) is 0.216. The summed E-state index contributed by atoms with van der Waals surface area (Å²) in [6.07, 6.45) is 0. The first-order valence-electron chi connectivity index (χ1n) is 9.45. The molecule has 186 valence electrons. The van der Waals surface area contributed by atoms with Gasteiger partial charge in [-0.25, -0.2) is 28.8 Å². The maximum Gasteiger partial charge on any atom is 2.00 e. The molecule has 0 fully saturated rings. The number of benzene rings is 3. The number of carboxylic acid groups (broad SMARTS) is 2. The molecule has 3 rings (SSSR count). The van der Waals surface area contributed by atoms with E-state index in [1.54, 1.807) is 0 Å². The second kappa shape index (κ2) is 18.8. The molecule has 0 amide bonds. The van der Waals surface area contributed by atoms with Crippen molar-refractivity contribution < 1.29 is 59.9 Å². The van der Waals surface area contributed by atoms with Crippen LogP contribution in [0.2, 0.25) is 0 Å². The fraction of sp³-hybridized carbons (Fsp3) is 0. The van der Waals surface area contributed by atoms with Crippen molar-refractivity contribution in [2.45, 2.75) is 0 Å². The number of carboxylic acids is 2. The van der Waals surface area contributed by atoms with Crippen LogP contribution in [0.3, 0.4) is 0 Å². The molecule has 0 unspecified atom stereocenters. The molecule has 3 aromatic carbocycles. The molecule has 0 radical (unpaired) electrons. The minimum Gasteiger partial charge on any atom is -1.00 e. The molecular formula is C24H22Ba2Mg2O10. The van der Waals surface area contributed by atoms with Crippen LogP contribution < -0.4 is 0 Å². The molecule has 0 saturated heterocycles. The topological polar surface area (TPSA) is 161 Å². The number of carbonyl (C=O) groups is 6. The minimum absolute atomic E-state index is 0. The van der Waals surface area contributed by atoms with Crippen molar-refractivity contribution in [2.24, 2.45) is 0 Å². The Morgan fingerprint density at radius 3 is 0.737 bits per heavy atom. The fourth-order valence-electron chi connectivity index (χ4n) is 2.64. The summed E-state index contributed by atoms with van der Waals surface area (Å²) in [5.41, 5.74) is -0.283. The molecule has 0 aliphatic heterocycles. The zero-order valence-electron chi connectivity index (χ0n) is 27.9. The maximum absolute atomic E-state index is 12.2. The van der Waals surface area contributed by atoms with Gasteiger partial charge >= 0.3 is 180 Å². The Labute approximate surface area is 340 Å². The van der Waals surface area contributed by atoms with E-state index in [0.717, 1.165) is 0 Å². The molecule has 0 aromatic heterocycles. The van der Waals surface area contributed by atoms with Crippen molar-refractivity contribution in [2.75, 3.05) is 0 Å². The van der Waals surface area contributed by atoms with E-state index in [1.165, 1.54) is 72.8 Å². The summed E-state index contributed by atoms with van der Waals surface area (Å²) in [4.78, 5) is 70.2. The third kappa shape index (κ3) is 11.2. The summed E-state index contributed by atoms with van der Waals surface area (Å²) in [7, 11) is 0. The van der Waals surface area contributed by atoms with Crippen molar-refractivity contribution >= 4 is 180 Å². The van der Waals surface area contributed by atoms with E-state index in [1.807, 2.05) is 0 Å². The molecule has 0 aliphatic carbocycles. The summed E-state index contributed by atoms with van der Waals surface area (Å²) < 4.78 is 9.47. The molecule has 0 heterocycles. The first-order chi connectivity index (χ1) is 16.2. The first kappa shape index (κ1) is 39.7. The van der Waals surface area contributed by atoms with Gasteiger partial charge in [0.1, 0.15) is 0 Å². The largest absolute Gasteiger partial charge is 2.00 e. The van der Waals surface area contributed by atoms with Gasteiger partial charge in [0.05, 0.1) is 33.4 Å². The number of ether oxygens (including phenoxy) is 2. The van der Waals surface area contributed by atoms with E-state index in [-0.39, 0.29) is 189 Å². The molecule has 10 nitrogen and oxygen atoms in total. The molecule has 14 heteroatoms. The third-order valence-corrected chi connectivity index (χ3v) is 4.46. The van der Waals surface area contributed by atoms with Crippen LogP contribution in [0.25, 0.3) is 0 Å². The molecule has 3 aromatic rings. The van der Waals surface area contributed by atoms with Crippen LogP contribution in [0, 0.1) is 0 Å². The Kier molecular flexibility index (Phi) is 19.7. The average Bonchev–Trinajstić information content (AvgIpc) is 2.84. The van der Waals surface area contributed by atoms with Gasteiger partial charge in [-0.15, -0.1) is 0 Å². The van der Waals surface area contributed by atoms with E-state index in [4.69, 9.17) is 19.7 Å². The number of rotatable bonds is 6. The van der Waals surface area contributed by atoms with Crippen LogP contribution >= 0.6 is 0 Å². The number of hydrogen-bond donors (Lipinski definition) is 2. The smallest absolute Gasteiger partial charge is 1.00 e.